The van der Waals surface area contributed by atoms with Gasteiger partial charge in [0.15, 0.2) is 5.16 Å². The molecule has 4 nitrogen and oxygen atoms in total. The highest BCUT2D eigenvalue weighted by Gasteiger charge is 2.28. The Morgan fingerprint density at radius 3 is 2.95 bits per heavy atom. The smallest absolute Gasteiger partial charge is 0.233 e. The maximum atomic E-state index is 12.6. The zero-order valence-corrected chi connectivity index (χ0v) is 14.1. The molecule has 0 radical (unpaired) electrons. The van der Waals surface area contributed by atoms with Gasteiger partial charge in [0.2, 0.25) is 5.91 Å². The number of aromatic nitrogens is 2. The van der Waals surface area contributed by atoms with Gasteiger partial charge in [0.25, 0.3) is 0 Å². The second-order valence-corrected chi connectivity index (χ2v) is 7.29. The summed E-state index contributed by atoms with van der Waals surface area (Å²) in [7, 11) is 1.95. The highest BCUT2D eigenvalue weighted by Crippen LogP contribution is 2.30. The summed E-state index contributed by atoms with van der Waals surface area (Å²) in [6, 6.07) is 10.5. The van der Waals surface area contributed by atoms with E-state index in [4.69, 9.17) is 0 Å². The first-order chi connectivity index (χ1) is 10.8. The fourth-order valence-electron chi connectivity index (χ4n) is 2.55. The minimum absolute atomic E-state index is 0.189. The number of amides is 1. The van der Waals surface area contributed by atoms with Crippen LogP contribution in [0.25, 0.3) is 0 Å². The van der Waals surface area contributed by atoms with Crippen LogP contribution in [-0.4, -0.2) is 44.2 Å². The lowest BCUT2D eigenvalue weighted by molar-refractivity contribution is -0.130. The van der Waals surface area contributed by atoms with Crippen molar-refractivity contribution in [1.82, 2.24) is 14.5 Å². The summed E-state index contributed by atoms with van der Waals surface area (Å²) >= 11 is 3.43. The Morgan fingerprint density at radius 2 is 2.23 bits per heavy atom. The topological polar surface area (TPSA) is 38.1 Å². The van der Waals surface area contributed by atoms with Crippen molar-refractivity contribution in [1.29, 1.82) is 0 Å². The van der Waals surface area contributed by atoms with Crippen molar-refractivity contribution >= 4 is 29.4 Å². The maximum absolute atomic E-state index is 12.6. The van der Waals surface area contributed by atoms with Crippen molar-refractivity contribution in [3.8, 4) is 0 Å². The number of carbonyl (C=O) groups excluding carboxylic acids is 1. The zero-order chi connectivity index (χ0) is 15.4. The fraction of sp³-hybridized carbons (Fsp3) is 0.375. The first kappa shape index (κ1) is 15.5. The van der Waals surface area contributed by atoms with Crippen molar-refractivity contribution in [2.75, 3.05) is 23.8 Å². The second-order valence-electron chi connectivity index (χ2n) is 5.20. The number of nitrogens with zero attached hydrogens (tertiary/aromatic N) is 3. The number of hydrogen-bond donors (Lipinski definition) is 0. The molecule has 0 spiro atoms. The molecule has 1 aliphatic heterocycles. The maximum Gasteiger partial charge on any atom is 0.233 e. The first-order valence-electron chi connectivity index (χ1n) is 7.28. The van der Waals surface area contributed by atoms with Crippen LogP contribution in [0, 0.1) is 0 Å². The van der Waals surface area contributed by atoms with Crippen LogP contribution in [0.1, 0.15) is 11.6 Å². The van der Waals surface area contributed by atoms with Crippen LogP contribution >= 0.6 is 23.5 Å². The molecule has 0 N–H and O–H groups in total. The van der Waals surface area contributed by atoms with Crippen LogP contribution in [0.4, 0.5) is 0 Å². The Balaban J connectivity index is 1.68. The van der Waals surface area contributed by atoms with Crippen LogP contribution < -0.4 is 0 Å². The van der Waals surface area contributed by atoms with Gasteiger partial charge in [-0.25, -0.2) is 4.98 Å². The van der Waals surface area contributed by atoms with Gasteiger partial charge in [0, 0.05) is 37.5 Å². The van der Waals surface area contributed by atoms with E-state index in [1.165, 1.54) is 17.3 Å². The van der Waals surface area contributed by atoms with Gasteiger partial charge in [-0.3, -0.25) is 4.79 Å². The van der Waals surface area contributed by atoms with Gasteiger partial charge < -0.3 is 9.47 Å². The molecule has 0 bridgehead atoms. The van der Waals surface area contributed by atoms with Crippen LogP contribution in [0.2, 0.25) is 0 Å². The van der Waals surface area contributed by atoms with E-state index in [0.717, 1.165) is 23.2 Å². The molecule has 116 valence electrons. The zero-order valence-electron chi connectivity index (χ0n) is 12.5. The van der Waals surface area contributed by atoms with E-state index >= 15 is 0 Å². The van der Waals surface area contributed by atoms with E-state index in [1.807, 2.05) is 52.7 Å². The average molecular weight is 333 g/mol. The minimum Gasteiger partial charge on any atom is -0.333 e. The molecule has 6 heteroatoms. The van der Waals surface area contributed by atoms with Crippen molar-refractivity contribution in [2.45, 2.75) is 11.2 Å². The third kappa shape index (κ3) is 3.50. The second kappa shape index (κ2) is 7.24. The van der Waals surface area contributed by atoms with Crippen LogP contribution in [-0.2, 0) is 11.8 Å². The van der Waals surface area contributed by atoms with Crippen LogP contribution in [0.15, 0.2) is 47.9 Å². The van der Waals surface area contributed by atoms with Crippen molar-refractivity contribution in [3.63, 3.8) is 0 Å². The Kier molecular flexibility index (Phi) is 5.10. The lowest BCUT2D eigenvalue weighted by Gasteiger charge is -2.35. The van der Waals surface area contributed by atoms with Crippen LogP contribution in [0.3, 0.4) is 0 Å². The van der Waals surface area contributed by atoms with Gasteiger partial charge in [-0.15, -0.1) is 0 Å². The predicted molar refractivity (Wildman–Crippen MR) is 92.2 cm³/mol. The summed E-state index contributed by atoms with van der Waals surface area (Å²) in [4.78, 5) is 18.9. The molecule has 1 aromatic heterocycles. The van der Waals surface area contributed by atoms with E-state index in [0.29, 0.717) is 5.75 Å². The van der Waals surface area contributed by atoms with Crippen LogP contribution in [0.5, 0.6) is 0 Å². The summed E-state index contributed by atoms with van der Waals surface area (Å²) in [5.74, 6) is 2.63. The highest BCUT2D eigenvalue weighted by atomic mass is 32.2. The standard InChI is InChI=1S/C16H19N3OS2/c1-18-8-7-17-16(18)22-12-15(20)19-9-10-21-11-14(19)13-5-3-2-4-6-13/h2-8,14H,9-12H2,1H3/t14-/m1/s1. The number of aryl methyl sites for hydroxylation is 1. The quantitative estimate of drug-likeness (QED) is 0.807. The van der Waals surface area contributed by atoms with E-state index in [2.05, 4.69) is 17.1 Å². The molecule has 1 saturated heterocycles. The number of thioether (sulfide) groups is 2. The third-order valence-corrected chi connectivity index (χ3v) is 5.80. The summed E-state index contributed by atoms with van der Waals surface area (Å²) in [6.45, 7) is 0.824. The minimum atomic E-state index is 0.189. The summed E-state index contributed by atoms with van der Waals surface area (Å²) in [5.41, 5.74) is 1.23. The summed E-state index contributed by atoms with van der Waals surface area (Å²) in [5, 5.41) is 0.885. The molecule has 1 amide bonds. The van der Waals surface area contributed by atoms with Crippen molar-refractivity contribution in [2.24, 2.45) is 7.05 Å². The lowest BCUT2D eigenvalue weighted by Crippen LogP contribution is -2.41. The highest BCUT2D eigenvalue weighted by molar-refractivity contribution is 8.00. The molecule has 0 unspecified atom stereocenters. The molecular formula is C16H19N3OS2. The Labute approximate surface area is 139 Å². The van der Waals surface area contributed by atoms with Gasteiger partial charge >= 0.3 is 0 Å². The normalized spacial score (nSPS) is 18.4. The van der Waals surface area contributed by atoms with E-state index in [1.54, 1.807) is 6.20 Å². The SMILES string of the molecule is Cn1ccnc1SCC(=O)N1CCSC[C@@H]1c1ccccc1. The molecule has 1 atom stereocenters. The molecule has 3 rings (SSSR count). The fourth-order valence-corrected chi connectivity index (χ4v) is 4.46. The molecule has 0 aliphatic carbocycles. The Hall–Kier alpha value is -1.40. The van der Waals surface area contributed by atoms with Crippen molar-refractivity contribution < 1.29 is 4.79 Å². The molecule has 0 saturated carbocycles. The van der Waals surface area contributed by atoms with Gasteiger partial charge in [0.05, 0.1) is 11.8 Å². The number of imidazole rings is 1. The molecular weight excluding hydrogens is 314 g/mol. The number of hydrogen-bond acceptors (Lipinski definition) is 4. The van der Waals surface area contributed by atoms with Gasteiger partial charge in [0.1, 0.15) is 0 Å². The average Bonchev–Trinajstić information content (AvgIpc) is 2.98. The van der Waals surface area contributed by atoms with Crippen molar-refractivity contribution in [3.05, 3.63) is 48.3 Å². The molecule has 1 fully saturated rings. The summed E-state index contributed by atoms with van der Waals surface area (Å²) < 4.78 is 1.94. The van der Waals surface area contributed by atoms with Gasteiger partial charge in [-0.05, 0) is 5.56 Å². The number of benzene rings is 1. The monoisotopic (exact) mass is 333 g/mol. The number of carbonyl (C=O) groups is 1. The first-order valence-corrected chi connectivity index (χ1v) is 9.42. The van der Waals surface area contributed by atoms with Gasteiger partial charge in [-0.1, -0.05) is 42.1 Å². The Morgan fingerprint density at radius 1 is 1.41 bits per heavy atom. The van der Waals surface area contributed by atoms with E-state index in [9.17, 15) is 4.79 Å². The van der Waals surface area contributed by atoms with E-state index in [-0.39, 0.29) is 11.9 Å². The largest absolute Gasteiger partial charge is 0.333 e. The third-order valence-electron chi connectivity index (χ3n) is 3.73. The predicted octanol–water partition coefficient (Wildman–Crippen LogP) is 2.83. The summed E-state index contributed by atoms with van der Waals surface area (Å²) in [6.07, 6.45) is 3.66. The van der Waals surface area contributed by atoms with Gasteiger partial charge in [-0.2, -0.15) is 11.8 Å². The van der Waals surface area contributed by atoms with E-state index < -0.39 is 0 Å². The molecule has 2 aromatic rings. The number of rotatable bonds is 4. The molecule has 2 heterocycles. The molecule has 22 heavy (non-hydrogen) atoms. The Bertz CT molecular complexity index is 629. The lowest BCUT2D eigenvalue weighted by atomic mass is 10.1. The molecule has 1 aromatic carbocycles. The molecule has 1 aliphatic rings.